The smallest absolute Gasteiger partial charge is 0.287 e. The molecule has 0 unspecified atom stereocenters. The maximum absolute atomic E-state index is 12.4. The monoisotopic (exact) mass is 334 g/mol. The average Bonchev–Trinajstić information content (AvgIpc) is 2.54. The summed E-state index contributed by atoms with van der Waals surface area (Å²) in [6.45, 7) is 0. The van der Waals surface area contributed by atoms with E-state index in [0.717, 1.165) is 10.2 Å². The zero-order valence-electron chi connectivity index (χ0n) is 13.3. The highest BCUT2D eigenvalue weighted by atomic mass is 35.5. The molecular formula is C16H19ClN4O2. The van der Waals surface area contributed by atoms with E-state index >= 15 is 0 Å². The highest BCUT2D eigenvalue weighted by Crippen LogP contribution is 2.18. The van der Waals surface area contributed by atoms with Gasteiger partial charge in [-0.05, 0) is 5.56 Å². The molecule has 0 saturated carbocycles. The Kier molecular flexibility index (Phi) is 5.39. The summed E-state index contributed by atoms with van der Waals surface area (Å²) in [5.74, 6) is -0.106. The molecule has 1 aromatic carbocycles. The van der Waals surface area contributed by atoms with E-state index in [1.165, 1.54) is 18.1 Å². The second-order valence-corrected chi connectivity index (χ2v) is 5.80. The van der Waals surface area contributed by atoms with Crippen molar-refractivity contribution in [1.82, 2.24) is 14.7 Å². The molecule has 122 valence electrons. The lowest BCUT2D eigenvalue weighted by atomic mass is 10.0. The summed E-state index contributed by atoms with van der Waals surface area (Å²) in [6, 6.07) is 9.10. The first-order valence-corrected chi connectivity index (χ1v) is 7.51. The van der Waals surface area contributed by atoms with Crippen LogP contribution in [0, 0.1) is 0 Å². The van der Waals surface area contributed by atoms with Gasteiger partial charge in [0.1, 0.15) is 11.1 Å². The Balaban J connectivity index is 2.30. The van der Waals surface area contributed by atoms with E-state index < -0.39 is 11.6 Å². The Morgan fingerprint density at radius 2 is 2.00 bits per heavy atom. The SMILES string of the molecule is CN(C)C(=O)[C@@H](Cc1ccccc1)Nc1cnn(C)c(=O)c1Cl. The van der Waals surface area contributed by atoms with E-state index in [9.17, 15) is 9.59 Å². The van der Waals surface area contributed by atoms with Gasteiger partial charge in [-0.15, -0.1) is 0 Å². The van der Waals surface area contributed by atoms with Gasteiger partial charge >= 0.3 is 0 Å². The number of amides is 1. The van der Waals surface area contributed by atoms with Gasteiger partial charge in [-0.3, -0.25) is 9.59 Å². The second kappa shape index (κ2) is 7.28. The zero-order valence-corrected chi connectivity index (χ0v) is 14.0. The molecule has 0 spiro atoms. The molecule has 1 amide bonds. The average molecular weight is 335 g/mol. The molecule has 1 N–H and O–H groups in total. The fourth-order valence-electron chi connectivity index (χ4n) is 2.16. The van der Waals surface area contributed by atoms with Crippen LogP contribution in [0.4, 0.5) is 5.69 Å². The number of likely N-dealkylation sites (N-methyl/N-ethyl adjacent to an activating group) is 1. The van der Waals surface area contributed by atoms with Crippen molar-refractivity contribution in [1.29, 1.82) is 0 Å². The van der Waals surface area contributed by atoms with Crippen LogP contribution in [0.25, 0.3) is 0 Å². The maximum atomic E-state index is 12.4. The van der Waals surface area contributed by atoms with Crippen molar-refractivity contribution < 1.29 is 4.79 Å². The summed E-state index contributed by atoms with van der Waals surface area (Å²) in [5, 5.41) is 7.00. The van der Waals surface area contributed by atoms with Gasteiger partial charge in [0.05, 0.1) is 11.9 Å². The van der Waals surface area contributed by atoms with Gasteiger partial charge in [-0.25, -0.2) is 4.68 Å². The second-order valence-electron chi connectivity index (χ2n) is 5.42. The largest absolute Gasteiger partial charge is 0.371 e. The number of carbonyl (C=O) groups is 1. The fourth-order valence-corrected chi connectivity index (χ4v) is 2.39. The first kappa shape index (κ1) is 17.0. The Bertz CT molecular complexity index is 743. The van der Waals surface area contributed by atoms with E-state index in [4.69, 9.17) is 11.6 Å². The number of nitrogens with zero attached hydrogens (tertiary/aromatic N) is 3. The van der Waals surface area contributed by atoms with E-state index in [1.54, 1.807) is 14.1 Å². The summed E-state index contributed by atoms with van der Waals surface area (Å²) in [4.78, 5) is 25.8. The molecule has 0 saturated heterocycles. The number of halogens is 1. The van der Waals surface area contributed by atoms with Crippen molar-refractivity contribution >= 4 is 23.2 Å². The highest BCUT2D eigenvalue weighted by Gasteiger charge is 2.22. The molecule has 0 aliphatic rings. The number of aryl methyl sites for hydroxylation is 1. The fraction of sp³-hybridized carbons (Fsp3) is 0.312. The number of nitrogens with one attached hydrogen (secondary N) is 1. The van der Waals surface area contributed by atoms with Crippen LogP contribution in [0.1, 0.15) is 5.56 Å². The molecule has 0 aliphatic carbocycles. The molecule has 2 rings (SSSR count). The van der Waals surface area contributed by atoms with Crippen LogP contribution in [0.2, 0.25) is 5.02 Å². The molecule has 1 atom stereocenters. The predicted octanol–water partition coefficient (Wildman–Crippen LogP) is 1.55. The molecule has 0 aliphatic heterocycles. The van der Waals surface area contributed by atoms with Gasteiger partial charge in [-0.1, -0.05) is 41.9 Å². The molecule has 0 bridgehead atoms. The molecule has 2 aromatic rings. The quantitative estimate of drug-likeness (QED) is 0.900. The number of rotatable bonds is 5. The van der Waals surface area contributed by atoms with Crippen molar-refractivity contribution in [2.75, 3.05) is 19.4 Å². The first-order chi connectivity index (χ1) is 10.9. The Labute approximate surface area is 139 Å². The normalized spacial score (nSPS) is 11.8. The molecule has 1 heterocycles. The molecule has 23 heavy (non-hydrogen) atoms. The minimum absolute atomic E-state index is 0.0205. The van der Waals surface area contributed by atoms with E-state index in [2.05, 4.69) is 10.4 Å². The van der Waals surface area contributed by atoms with Crippen LogP contribution in [0.5, 0.6) is 0 Å². The van der Waals surface area contributed by atoms with Gasteiger partial charge in [0, 0.05) is 27.6 Å². The third-order valence-electron chi connectivity index (χ3n) is 3.43. The van der Waals surface area contributed by atoms with Gasteiger partial charge in [0.15, 0.2) is 0 Å². The summed E-state index contributed by atoms with van der Waals surface area (Å²) < 4.78 is 1.15. The number of anilines is 1. The van der Waals surface area contributed by atoms with E-state index in [-0.39, 0.29) is 10.9 Å². The zero-order chi connectivity index (χ0) is 17.0. The van der Waals surface area contributed by atoms with Crippen LogP contribution >= 0.6 is 11.6 Å². The van der Waals surface area contributed by atoms with Gasteiger partial charge in [0.2, 0.25) is 5.91 Å². The summed E-state index contributed by atoms with van der Waals surface area (Å²) in [7, 11) is 4.89. The van der Waals surface area contributed by atoms with Crippen LogP contribution in [-0.4, -0.2) is 40.7 Å². The van der Waals surface area contributed by atoms with Crippen LogP contribution in [0.15, 0.2) is 41.3 Å². The summed E-state index contributed by atoms with van der Waals surface area (Å²) in [5.41, 5.74) is 0.950. The molecule has 6 nitrogen and oxygen atoms in total. The maximum Gasteiger partial charge on any atom is 0.287 e. The van der Waals surface area contributed by atoms with Crippen molar-refractivity contribution in [2.45, 2.75) is 12.5 Å². The van der Waals surface area contributed by atoms with Crippen molar-refractivity contribution in [3.63, 3.8) is 0 Å². The topological polar surface area (TPSA) is 67.2 Å². The van der Waals surface area contributed by atoms with Crippen LogP contribution < -0.4 is 10.9 Å². The highest BCUT2D eigenvalue weighted by molar-refractivity contribution is 6.33. The number of carbonyl (C=O) groups excluding carboxylic acids is 1. The Morgan fingerprint density at radius 3 is 2.61 bits per heavy atom. The van der Waals surface area contributed by atoms with Crippen molar-refractivity contribution in [3.8, 4) is 0 Å². The summed E-state index contributed by atoms with van der Waals surface area (Å²) >= 11 is 6.07. The van der Waals surface area contributed by atoms with E-state index in [0.29, 0.717) is 12.1 Å². The number of hydrogen-bond donors (Lipinski definition) is 1. The minimum Gasteiger partial charge on any atom is -0.371 e. The molecule has 7 heteroatoms. The van der Waals surface area contributed by atoms with Crippen LogP contribution in [0.3, 0.4) is 0 Å². The first-order valence-electron chi connectivity index (χ1n) is 7.13. The Hall–Kier alpha value is -2.34. The predicted molar refractivity (Wildman–Crippen MR) is 90.7 cm³/mol. The van der Waals surface area contributed by atoms with Gasteiger partial charge < -0.3 is 10.2 Å². The lowest BCUT2D eigenvalue weighted by Crippen LogP contribution is -2.41. The van der Waals surface area contributed by atoms with Gasteiger partial charge in [-0.2, -0.15) is 5.10 Å². The molecule has 0 fully saturated rings. The third kappa shape index (κ3) is 4.10. The summed E-state index contributed by atoms with van der Waals surface area (Å²) in [6.07, 6.45) is 1.92. The number of benzene rings is 1. The lowest BCUT2D eigenvalue weighted by Gasteiger charge is -2.23. The van der Waals surface area contributed by atoms with Crippen molar-refractivity contribution in [2.24, 2.45) is 7.05 Å². The minimum atomic E-state index is -0.543. The molecular weight excluding hydrogens is 316 g/mol. The molecule has 0 radical (unpaired) electrons. The Morgan fingerprint density at radius 1 is 1.35 bits per heavy atom. The van der Waals surface area contributed by atoms with E-state index in [1.807, 2.05) is 30.3 Å². The number of hydrogen-bond acceptors (Lipinski definition) is 4. The third-order valence-corrected chi connectivity index (χ3v) is 3.79. The van der Waals surface area contributed by atoms with Gasteiger partial charge in [0.25, 0.3) is 5.56 Å². The van der Waals surface area contributed by atoms with Crippen molar-refractivity contribution in [3.05, 3.63) is 57.5 Å². The standard InChI is InChI=1S/C16H19ClN4O2/c1-20(2)15(22)12(9-11-7-5-4-6-8-11)19-13-10-18-21(3)16(23)14(13)17/h4-8,10,12,19H,9H2,1-3H3/t12-/m1/s1. The number of aromatic nitrogens is 2. The molecule has 1 aromatic heterocycles. The lowest BCUT2D eigenvalue weighted by molar-refractivity contribution is -0.129. The van der Waals surface area contributed by atoms with Crippen LogP contribution in [-0.2, 0) is 18.3 Å².